The minimum atomic E-state index is -0.529. The summed E-state index contributed by atoms with van der Waals surface area (Å²) in [6.07, 6.45) is 21.2. The second-order valence-electron chi connectivity index (χ2n) is 13.5. The second-order valence-corrected chi connectivity index (χ2v) is 13.5. The van der Waals surface area contributed by atoms with Gasteiger partial charge in [0.1, 0.15) is 0 Å². The van der Waals surface area contributed by atoms with Gasteiger partial charge in [-0.15, -0.1) is 0 Å². The number of carbonyl (C=O) groups is 4. The van der Waals surface area contributed by atoms with Crippen molar-refractivity contribution >= 4 is 23.6 Å². The average Bonchev–Trinajstić information content (AvgIpc) is 3.14. The Labute approximate surface area is 315 Å². The van der Waals surface area contributed by atoms with Gasteiger partial charge >= 0.3 is 0 Å². The lowest BCUT2D eigenvalue weighted by Gasteiger charge is -2.24. The van der Waals surface area contributed by atoms with Gasteiger partial charge in [-0.25, -0.2) is 0 Å². The van der Waals surface area contributed by atoms with Crippen molar-refractivity contribution in [3.8, 4) is 0 Å². The third kappa shape index (κ3) is 27.8. The van der Waals surface area contributed by atoms with E-state index in [1.165, 1.54) is 0 Å². The Morgan fingerprint density at radius 3 is 1.37 bits per heavy atom. The maximum absolute atomic E-state index is 13.0. The lowest BCUT2D eigenvalue weighted by Crippen LogP contribution is -2.42. The van der Waals surface area contributed by atoms with Crippen molar-refractivity contribution in [3.63, 3.8) is 0 Å². The Hall–Kier alpha value is -2.84. The van der Waals surface area contributed by atoms with Gasteiger partial charge in [0, 0.05) is 52.1 Å². The van der Waals surface area contributed by atoms with Gasteiger partial charge in [-0.2, -0.15) is 0 Å². The minimum absolute atomic E-state index is 0.130. The largest absolute Gasteiger partial charge is 0.355 e. The Morgan fingerprint density at radius 1 is 0.538 bits per heavy atom. The fraction of sp³-hybridized carbons (Fsp3) is 0.795. The van der Waals surface area contributed by atoms with Crippen LogP contribution in [0.4, 0.5) is 0 Å². The van der Waals surface area contributed by atoms with Crippen molar-refractivity contribution < 1.29 is 19.2 Å². The van der Waals surface area contributed by atoms with Gasteiger partial charge in [0.15, 0.2) is 0 Å². The number of unbranched alkanes of at least 4 members (excludes halogenated alkanes) is 3. The number of allylic oxidation sites excluding steroid dienone is 4. The molecular formula is C39H77N9O4. The van der Waals surface area contributed by atoms with Gasteiger partial charge in [0.05, 0.1) is 12.1 Å². The van der Waals surface area contributed by atoms with Crippen molar-refractivity contribution in [1.82, 2.24) is 25.8 Å². The number of amides is 4. The van der Waals surface area contributed by atoms with Crippen LogP contribution < -0.4 is 38.9 Å². The van der Waals surface area contributed by atoms with Gasteiger partial charge < -0.3 is 48.7 Å². The monoisotopic (exact) mass is 736 g/mol. The molecule has 2 atom stereocenters. The molecule has 0 aromatic heterocycles. The van der Waals surface area contributed by atoms with Crippen LogP contribution in [0.25, 0.3) is 0 Å². The SMILES string of the molecule is CCC=CCCC(=O)N(CCCCNCCCN(CCCNC(=O)[C@H](N)CCCCN)C(=O)CCC=CCC)CCCNC(=O)[C@H](N)CCCCN. The molecule has 0 aliphatic carbocycles. The molecule has 0 aliphatic rings. The van der Waals surface area contributed by atoms with Crippen LogP contribution in [-0.2, 0) is 19.2 Å². The molecule has 0 heterocycles. The second kappa shape index (κ2) is 35.2. The molecule has 0 radical (unpaired) electrons. The number of rotatable bonds is 35. The Balaban J connectivity index is 4.68. The molecule has 0 saturated carbocycles. The fourth-order valence-electron chi connectivity index (χ4n) is 5.60. The number of nitrogens with one attached hydrogen (secondary N) is 3. The molecule has 0 aromatic carbocycles. The Kier molecular flexibility index (Phi) is 33.3. The maximum atomic E-state index is 13.0. The molecule has 0 unspecified atom stereocenters. The normalized spacial score (nSPS) is 12.7. The molecule has 0 aliphatic heterocycles. The molecule has 0 rings (SSSR count). The van der Waals surface area contributed by atoms with E-state index in [1.54, 1.807) is 0 Å². The first-order chi connectivity index (χ1) is 25.2. The lowest BCUT2D eigenvalue weighted by molar-refractivity contribution is -0.132. The van der Waals surface area contributed by atoms with Crippen LogP contribution in [0.1, 0.15) is 123 Å². The third-order valence-electron chi connectivity index (χ3n) is 8.79. The highest BCUT2D eigenvalue weighted by Crippen LogP contribution is 2.06. The standard InChI is InChI=1S/C39H77N9O4/c1-3-5-7-9-22-36(49)47(32-18-28-45-38(51)34(42)20-11-13-24-40)30-16-15-26-44-27-17-31-48(37(50)23-10-8-6-4-2)33-19-29-46-39(52)35(43)21-12-14-25-41/h5-8,34-35,44H,3-4,9-33,40-43H2,1-2H3,(H,45,51)(H,46,52)/t34-,35-/m1/s1. The first-order valence-electron chi connectivity index (χ1n) is 20.2. The molecule has 0 bridgehead atoms. The zero-order chi connectivity index (χ0) is 38.7. The van der Waals surface area contributed by atoms with Crippen molar-refractivity contribution in [1.29, 1.82) is 0 Å². The summed E-state index contributed by atoms with van der Waals surface area (Å²) in [7, 11) is 0. The molecule has 13 nitrogen and oxygen atoms in total. The molecule has 0 spiro atoms. The summed E-state index contributed by atoms with van der Waals surface area (Å²) in [4.78, 5) is 54.5. The summed E-state index contributed by atoms with van der Waals surface area (Å²) in [5.74, 6) is -0.0375. The van der Waals surface area contributed by atoms with Gasteiger partial charge in [-0.3, -0.25) is 19.2 Å². The highest BCUT2D eigenvalue weighted by molar-refractivity contribution is 5.81. The van der Waals surface area contributed by atoms with Crippen LogP contribution >= 0.6 is 0 Å². The summed E-state index contributed by atoms with van der Waals surface area (Å²) in [5, 5.41) is 9.32. The number of nitrogens with zero attached hydrogens (tertiary/aromatic N) is 2. The predicted molar refractivity (Wildman–Crippen MR) is 214 cm³/mol. The number of hydrogen-bond donors (Lipinski definition) is 7. The van der Waals surface area contributed by atoms with E-state index in [1.807, 2.05) is 9.80 Å². The summed E-state index contributed by atoms with van der Waals surface area (Å²) < 4.78 is 0. The van der Waals surface area contributed by atoms with E-state index in [-0.39, 0.29) is 23.6 Å². The van der Waals surface area contributed by atoms with E-state index in [9.17, 15) is 19.2 Å². The van der Waals surface area contributed by atoms with Crippen LogP contribution in [-0.4, -0.2) is 111 Å². The van der Waals surface area contributed by atoms with Crippen molar-refractivity contribution in [2.75, 3.05) is 65.4 Å². The van der Waals surface area contributed by atoms with Crippen LogP contribution in [0.15, 0.2) is 24.3 Å². The summed E-state index contributed by atoms with van der Waals surface area (Å²) >= 11 is 0. The van der Waals surface area contributed by atoms with E-state index >= 15 is 0 Å². The quantitative estimate of drug-likeness (QED) is 0.0376. The van der Waals surface area contributed by atoms with E-state index < -0.39 is 12.1 Å². The molecule has 0 saturated heterocycles. The van der Waals surface area contributed by atoms with Gasteiger partial charge in [0.25, 0.3) is 0 Å². The topological polar surface area (TPSA) is 215 Å². The molecule has 0 fully saturated rings. The number of nitrogens with two attached hydrogens (primary N) is 4. The molecule has 52 heavy (non-hydrogen) atoms. The summed E-state index contributed by atoms with van der Waals surface area (Å²) in [5.41, 5.74) is 23.0. The zero-order valence-electron chi connectivity index (χ0n) is 32.9. The molecular weight excluding hydrogens is 658 g/mol. The average molecular weight is 736 g/mol. The smallest absolute Gasteiger partial charge is 0.236 e. The molecule has 13 heteroatoms. The summed E-state index contributed by atoms with van der Waals surface area (Å²) in [6, 6.07) is -1.06. The minimum Gasteiger partial charge on any atom is -0.355 e. The van der Waals surface area contributed by atoms with Crippen LogP contribution in [0.5, 0.6) is 0 Å². The number of carbonyl (C=O) groups excluding carboxylic acids is 4. The van der Waals surface area contributed by atoms with Crippen LogP contribution in [0, 0.1) is 0 Å². The van der Waals surface area contributed by atoms with Crippen molar-refractivity contribution in [3.05, 3.63) is 24.3 Å². The van der Waals surface area contributed by atoms with Crippen LogP contribution in [0.2, 0.25) is 0 Å². The van der Waals surface area contributed by atoms with Gasteiger partial charge in [-0.05, 0) is 110 Å². The van der Waals surface area contributed by atoms with Crippen molar-refractivity contribution in [2.45, 2.75) is 135 Å². The van der Waals surface area contributed by atoms with Crippen LogP contribution in [0.3, 0.4) is 0 Å². The highest BCUT2D eigenvalue weighted by atomic mass is 16.2. The summed E-state index contributed by atoms with van der Waals surface area (Å²) in [6.45, 7) is 10.4. The molecule has 11 N–H and O–H groups in total. The zero-order valence-corrected chi connectivity index (χ0v) is 32.9. The predicted octanol–water partition coefficient (Wildman–Crippen LogP) is 2.82. The van der Waals surface area contributed by atoms with E-state index in [2.05, 4.69) is 54.1 Å². The Bertz CT molecular complexity index is 903. The fourth-order valence-corrected chi connectivity index (χ4v) is 5.60. The molecule has 4 amide bonds. The first-order valence-corrected chi connectivity index (χ1v) is 20.2. The van der Waals surface area contributed by atoms with Gasteiger partial charge in [-0.1, -0.05) is 51.0 Å². The van der Waals surface area contributed by atoms with Crippen molar-refractivity contribution in [2.24, 2.45) is 22.9 Å². The number of hydrogen-bond acceptors (Lipinski definition) is 9. The maximum Gasteiger partial charge on any atom is 0.236 e. The highest BCUT2D eigenvalue weighted by Gasteiger charge is 2.16. The van der Waals surface area contributed by atoms with Gasteiger partial charge in [0.2, 0.25) is 23.6 Å². The van der Waals surface area contributed by atoms with E-state index in [4.69, 9.17) is 22.9 Å². The van der Waals surface area contributed by atoms with E-state index in [0.717, 1.165) is 83.7 Å². The third-order valence-corrected chi connectivity index (χ3v) is 8.79. The molecule has 302 valence electrons. The van der Waals surface area contributed by atoms with E-state index in [0.29, 0.717) is 90.9 Å². The lowest BCUT2D eigenvalue weighted by atomic mass is 10.1. The molecule has 0 aromatic rings. The first kappa shape index (κ1) is 49.2. The Morgan fingerprint density at radius 2 is 0.942 bits per heavy atom.